The van der Waals surface area contributed by atoms with Crippen molar-refractivity contribution in [3.05, 3.63) is 12.2 Å². The van der Waals surface area contributed by atoms with E-state index in [4.69, 9.17) is 9.47 Å². The quantitative estimate of drug-likeness (QED) is 0.152. The summed E-state index contributed by atoms with van der Waals surface area (Å²) in [4.78, 5) is 23.1. The van der Waals surface area contributed by atoms with Crippen molar-refractivity contribution in [2.24, 2.45) is 0 Å². The van der Waals surface area contributed by atoms with Crippen LogP contribution in [0.25, 0.3) is 0 Å². The fraction of sp³-hybridized carbons (Fsp3) is 0.833. The Labute approximate surface area is 173 Å². The second-order valence-corrected chi connectivity index (χ2v) is 8.58. The Kier molecular flexibility index (Phi) is 16.9. The van der Waals surface area contributed by atoms with E-state index >= 15 is 0 Å². The number of esters is 2. The van der Waals surface area contributed by atoms with Crippen molar-refractivity contribution in [1.82, 2.24) is 0 Å². The zero-order chi connectivity index (χ0) is 21.1. The summed E-state index contributed by atoms with van der Waals surface area (Å²) in [5.74, 6) is -0.811. The maximum atomic E-state index is 11.6. The molecule has 0 saturated heterocycles. The molecule has 0 aliphatic heterocycles. The van der Waals surface area contributed by atoms with Crippen molar-refractivity contribution in [2.45, 2.75) is 123 Å². The molecular formula is C24H44O4. The van der Waals surface area contributed by atoms with E-state index in [1.165, 1.54) is 57.8 Å². The van der Waals surface area contributed by atoms with Gasteiger partial charge in [-0.25, -0.2) is 4.79 Å². The van der Waals surface area contributed by atoms with Crippen LogP contribution >= 0.6 is 0 Å². The minimum atomic E-state index is -0.549. The van der Waals surface area contributed by atoms with E-state index in [-0.39, 0.29) is 12.6 Å². The average Bonchev–Trinajstić information content (AvgIpc) is 2.62. The Morgan fingerprint density at radius 1 is 0.714 bits per heavy atom. The maximum Gasteiger partial charge on any atom is 0.344 e. The summed E-state index contributed by atoms with van der Waals surface area (Å²) in [6, 6.07) is 0. The average molecular weight is 397 g/mol. The molecule has 28 heavy (non-hydrogen) atoms. The number of rotatable bonds is 17. The van der Waals surface area contributed by atoms with Gasteiger partial charge in [0.05, 0.1) is 0 Å². The van der Waals surface area contributed by atoms with Crippen LogP contribution in [0.15, 0.2) is 12.2 Å². The Morgan fingerprint density at radius 2 is 1.21 bits per heavy atom. The molecule has 0 rings (SSSR count). The molecule has 0 amide bonds. The molecule has 4 heteroatoms. The smallest absolute Gasteiger partial charge is 0.344 e. The summed E-state index contributed by atoms with van der Waals surface area (Å²) in [5.41, 5.74) is -0.549. The molecular weight excluding hydrogens is 352 g/mol. The lowest BCUT2D eigenvalue weighted by atomic mass is 10.1. The number of hydrogen-bond donors (Lipinski definition) is 0. The van der Waals surface area contributed by atoms with Crippen molar-refractivity contribution >= 4 is 11.9 Å². The van der Waals surface area contributed by atoms with Crippen LogP contribution in [0.3, 0.4) is 0 Å². The highest BCUT2D eigenvalue weighted by atomic mass is 16.6. The zero-order valence-electron chi connectivity index (χ0n) is 18.9. The monoisotopic (exact) mass is 396 g/mol. The van der Waals surface area contributed by atoms with Gasteiger partial charge in [-0.1, -0.05) is 70.4 Å². The molecule has 4 nitrogen and oxygen atoms in total. The molecule has 0 fully saturated rings. The number of hydrogen-bond acceptors (Lipinski definition) is 4. The minimum Gasteiger partial charge on any atom is -0.457 e. The number of unbranched alkanes of at least 4 members (excludes halogenated alkanes) is 11. The lowest BCUT2D eigenvalue weighted by Gasteiger charge is -2.19. The predicted octanol–water partition coefficient (Wildman–Crippen LogP) is 6.91. The van der Waals surface area contributed by atoms with Crippen LogP contribution in [0, 0.1) is 0 Å². The molecule has 0 aliphatic rings. The number of allylic oxidation sites excluding steroid dienone is 2. The summed E-state index contributed by atoms with van der Waals surface area (Å²) < 4.78 is 10.0. The van der Waals surface area contributed by atoms with Gasteiger partial charge in [0.2, 0.25) is 0 Å². The molecule has 0 aromatic rings. The van der Waals surface area contributed by atoms with Gasteiger partial charge in [-0.2, -0.15) is 0 Å². The summed E-state index contributed by atoms with van der Waals surface area (Å²) in [7, 11) is 0. The van der Waals surface area contributed by atoms with E-state index in [0.29, 0.717) is 6.42 Å². The third-order valence-corrected chi connectivity index (χ3v) is 4.41. The third kappa shape index (κ3) is 21.0. The second kappa shape index (κ2) is 17.8. The fourth-order valence-corrected chi connectivity index (χ4v) is 2.92. The number of carbonyl (C=O) groups excluding carboxylic acids is 2. The first-order valence-electron chi connectivity index (χ1n) is 11.4. The van der Waals surface area contributed by atoms with Crippen molar-refractivity contribution < 1.29 is 19.1 Å². The van der Waals surface area contributed by atoms with Crippen LogP contribution in [0.5, 0.6) is 0 Å². The van der Waals surface area contributed by atoms with E-state index in [9.17, 15) is 9.59 Å². The summed E-state index contributed by atoms with van der Waals surface area (Å²) >= 11 is 0. The molecule has 0 spiro atoms. The normalized spacial score (nSPS) is 11.7. The van der Waals surface area contributed by atoms with Crippen molar-refractivity contribution in [3.8, 4) is 0 Å². The first-order chi connectivity index (χ1) is 13.3. The van der Waals surface area contributed by atoms with E-state index in [2.05, 4.69) is 19.1 Å². The van der Waals surface area contributed by atoms with Crippen LogP contribution in [-0.2, 0) is 19.1 Å². The van der Waals surface area contributed by atoms with Gasteiger partial charge in [-0.05, 0) is 52.9 Å². The molecule has 0 atom stereocenters. The van der Waals surface area contributed by atoms with Crippen LogP contribution in [0.1, 0.15) is 118 Å². The summed E-state index contributed by atoms with van der Waals surface area (Å²) in [6.07, 6.45) is 21.0. The van der Waals surface area contributed by atoms with Crippen molar-refractivity contribution in [1.29, 1.82) is 0 Å². The van der Waals surface area contributed by atoms with Crippen molar-refractivity contribution in [2.75, 3.05) is 6.61 Å². The highest BCUT2D eigenvalue weighted by Crippen LogP contribution is 2.11. The van der Waals surface area contributed by atoms with E-state index in [1.54, 1.807) is 20.8 Å². The van der Waals surface area contributed by atoms with Crippen molar-refractivity contribution in [3.63, 3.8) is 0 Å². The number of carbonyl (C=O) groups is 2. The highest BCUT2D eigenvalue weighted by Gasteiger charge is 2.17. The lowest BCUT2D eigenvalue weighted by Crippen LogP contribution is -2.27. The molecule has 0 N–H and O–H groups in total. The third-order valence-electron chi connectivity index (χ3n) is 4.41. The molecule has 0 aliphatic carbocycles. The molecule has 0 radical (unpaired) electrons. The molecule has 0 unspecified atom stereocenters. The molecule has 0 heterocycles. The van der Waals surface area contributed by atoms with E-state index in [0.717, 1.165) is 25.7 Å². The second-order valence-electron chi connectivity index (χ2n) is 8.58. The van der Waals surface area contributed by atoms with Crippen LogP contribution in [0.2, 0.25) is 0 Å². The first-order valence-corrected chi connectivity index (χ1v) is 11.4. The fourth-order valence-electron chi connectivity index (χ4n) is 2.92. The van der Waals surface area contributed by atoms with Crippen LogP contribution in [0.4, 0.5) is 0 Å². The SMILES string of the molecule is CCCCCCCC/C=C\CCCCCCCC(=O)OCC(=O)OC(C)(C)C. The maximum absolute atomic E-state index is 11.6. The van der Waals surface area contributed by atoms with E-state index in [1.807, 2.05) is 0 Å². The van der Waals surface area contributed by atoms with Crippen LogP contribution in [-0.4, -0.2) is 24.1 Å². The van der Waals surface area contributed by atoms with Gasteiger partial charge in [0.1, 0.15) is 5.60 Å². The van der Waals surface area contributed by atoms with E-state index < -0.39 is 11.6 Å². The largest absolute Gasteiger partial charge is 0.457 e. The molecule has 0 saturated carbocycles. The highest BCUT2D eigenvalue weighted by molar-refractivity contribution is 5.76. The first kappa shape index (κ1) is 26.7. The zero-order valence-corrected chi connectivity index (χ0v) is 18.9. The Balaban J connectivity index is 3.37. The predicted molar refractivity (Wildman–Crippen MR) is 116 cm³/mol. The summed E-state index contributed by atoms with van der Waals surface area (Å²) in [5, 5.41) is 0. The van der Waals surface area contributed by atoms with Gasteiger partial charge in [-0.3, -0.25) is 4.79 Å². The Hall–Kier alpha value is -1.32. The standard InChI is InChI=1S/C24H44O4/c1-5-6-7-8-9-10-11-12-13-14-15-16-17-18-19-20-22(25)27-21-23(26)28-24(2,3)4/h12-13H,5-11,14-21H2,1-4H3/b13-12-. The van der Waals surface area contributed by atoms with Gasteiger partial charge in [0.25, 0.3) is 0 Å². The van der Waals surface area contributed by atoms with Gasteiger partial charge in [-0.15, -0.1) is 0 Å². The topological polar surface area (TPSA) is 52.6 Å². The Morgan fingerprint density at radius 3 is 1.75 bits per heavy atom. The molecule has 0 aromatic carbocycles. The molecule has 0 aromatic heterocycles. The van der Waals surface area contributed by atoms with Crippen LogP contribution < -0.4 is 0 Å². The minimum absolute atomic E-state index is 0.290. The van der Waals surface area contributed by atoms with Gasteiger partial charge >= 0.3 is 11.9 Å². The summed E-state index contributed by atoms with van der Waals surface area (Å²) in [6.45, 7) is 7.33. The molecule has 164 valence electrons. The number of ether oxygens (including phenoxy) is 2. The lowest BCUT2D eigenvalue weighted by molar-refractivity contribution is -0.166. The van der Waals surface area contributed by atoms with Gasteiger partial charge in [0, 0.05) is 6.42 Å². The van der Waals surface area contributed by atoms with Gasteiger partial charge < -0.3 is 9.47 Å². The van der Waals surface area contributed by atoms with Gasteiger partial charge in [0.15, 0.2) is 6.61 Å². The Bertz CT molecular complexity index is 421. The molecule has 0 bridgehead atoms.